The first kappa shape index (κ1) is 19.0. The quantitative estimate of drug-likeness (QED) is 0.389. The summed E-state index contributed by atoms with van der Waals surface area (Å²) in [6.45, 7) is 1.76. The molecule has 28 heavy (non-hydrogen) atoms. The zero-order valence-corrected chi connectivity index (χ0v) is 15.2. The smallest absolute Gasteiger partial charge is 0.270 e. The van der Waals surface area contributed by atoms with Crippen molar-refractivity contribution in [2.24, 2.45) is 0 Å². The molecule has 0 radical (unpaired) electrons. The fraction of sp³-hybridized carbons (Fsp3) is 0.0909. The fourth-order valence-electron chi connectivity index (χ4n) is 2.82. The zero-order chi connectivity index (χ0) is 20.1. The molecule has 3 aromatic carbocycles. The van der Waals surface area contributed by atoms with Crippen LogP contribution in [-0.4, -0.2) is 16.6 Å². The number of ketones is 1. The number of nitrogens with zero attached hydrogens (tertiary/aromatic N) is 1. The van der Waals surface area contributed by atoms with E-state index >= 15 is 0 Å². The van der Waals surface area contributed by atoms with E-state index in [1.165, 1.54) is 18.2 Å². The summed E-state index contributed by atoms with van der Waals surface area (Å²) in [5, 5.41) is 13.9. The Labute approximate surface area is 162 Å². The molecule has 0 aliphatic rings. The summed E-state index contributed by atoms with van der Waals surface area (Å²) in [7, 11) is 0. The lowest BCUT2D eigenvalue weighted by Gasteiger charge is -2.15. The third kappa shape index (κ3) is 4.12. The second-order valence-corrected chi connectivity index (χ2v) is 6.30. The Morgan fingerprint density at radius 2 is 1.54 bits per heavy atom. The Bertz CT molecular complexity index is 1020. The number of benzene rings is 3. The van der Waals surface area contributed by atoms with Gasteiger partial charge >= 0.3 is 0 Å². The number of nitro groups is 1. The lowest BCUT2D eigenvalue weighted by Crippen LogP contribution is -2.20. The molecule has 140 valence electrons. The average molecular weight is 374 g/mol. The van der Waals surface area contributed by atoms with E-state index in [1.54, 1.807) is 37.3 Å². The van der Waals surface area contributed by atoms with Crippen molar-refractivity contribution in [1.82, 2.24) is 0 Å². The number of nitrogens with one attached hydrogen (secondary N) is 1. The number of anilines is 1. The van der Waals surface area contributed by atoms with Gasteiger partial charge in [0.05, 0.1) is 22.1 Å². The van der Waals surface area contributed by atoms with E-state index in [-0.39, 0.29) is 22.8 Å². The van der Waals surface area contributed by atoms with Gasteiger partial charge in [0, 0.05) is 17.7 Å². The number of non-ortho nitro benzene ring substituents is 1. The van der Waals surface area contributed by atoms with Gasteiger partial charge in [-0.05, 0) is 18.6 Å². The van der Waals surface area contributed by atoms with Crippen LogP contribution < -0.4 is 5.32 Å². The van der Waals surface area contributed by atoms with Crippen molar-refractivity contribution in [2.75, 3.05) is 5.32 Å². The molecule has 1 atom stereocenters. The number of rotatable bonds is 6. The summed E-state index contributed by atoms with van der Waals surface area (Å²) < 4.78 is 0. The second kappa shape index (κ2) is 8.26. The first-order valence-corrected chi connectivity index (χ1v) is 8.71. The van der Waals surface area contributed by atoms with Gasteiger partial charge in [0.15, 0.2) is 5.78 Å². The van der Waals surface area contributed by atoms with Crippen LogP contribution in [0.5, 0.6) is 0 Å². The number of amides is 1. The molecular formula is C22H18N2O4. The summed E-state index contributed by atoms with van der Waals surface area (Å²) >= 11 is 0. The van der Waals surface area contributed by atoms with E-state index in [4.69, 9.17) is 0 Å². The van der Waals surface area contributed by atoms with Crippen LogP contribution in [0.1, 0.15) is 34.3 Å². The standard InChI is InChI=1S/C22H18N2O4/c1-15(16-8-4-2-5-9-16)22(26)23-20-13-12-18(24(27)28)14-19(20)21(25)17-10-6-3-7-11-17/h2-15H,1H3,(H,23,26). The maximum absolute atomic E-state index is 12.9. The molecule has 1 N–H and O–H groups in total. The minimum Gasteiger partial charge on any atom is -0.325 e. The summed E-state index contributed by atoms with van der Waals surface area (Å²) in [5.41, 5.74) is 1.32. The highest BCUT2D eigenvalue weighted by molar-refractivity contribution is 6.14. The van der Waals surface area contributed by atoms with Gasteiger partial charge in [-0.3, -0.25) is 19.7 Å². The summed E-state index contributed by atoms with van der Waals surface area (Å²) in [5.74, 6) is -1.15. The highest BCUT2D eigenvalue weighted by atomic mass is 16.6. The number of carbonyl (C=O) groups excluding carboxylic acids is 2. The summed E-state index contributed by atoms with van der Waals surface area (Å²) in [6.07, 6.45) is 0. The highest BCUT2D eigenvalue weighted by Gasteiger charge is 2.21. The van der Waals surface area contributed by atoms with E-state index in [0.717, 1.165) is 5.56 Å². The van der Waals surface area contributed by atoms with Crippen molar-refractivity contribution in [1.29, 1.82) is 0 Å². The Kier molecular flexibility index (Phi) is 5.60. The average Bonchev–Trinajstić information content (AvgIpc) is 2.74. The molecule has 1 amide bonds. The second-order valence-electron chi connectivity index (χ2n) is 6.30. The SMILES string of the molecule is CC(C(=O)Nc1ccc([N+](=O)[O-])cc1C(=O)c1ccccc1)c1ccccc1. The molecule has 6 heteroatoms. The van der Waals surface area contributed by atoms with Crippen LogP contribution in [0.4, 0.5) is 11.4 Å². The summed E-state index contributed by atoms with van der Waals surface area (Å²) in [4.78, 5) is 36.2. The Balaban J connectivity index is 1.95. The third-order valence-corrected chi connectivity index (χ3v) is 4.45. The molecule has 0 fully saturated rings. The molecule has 0 saturated heterocycles. The highest BCUT2D eigenvalue weighted by Crippen LogP contribution is 2.26. The molecule has 0 saturated carbocycles. The molecule has 6 nitrogen and oxygen atoms in total. The van der Waals surface area contributed by atoms with Crippen LogP contribution in [0.15, 0.2) is 78.9 Å². The van der Waals surface area contributed by atoms with Crippen LogP contribution >= 0.6 is 0 Å². The van der Waals surface area contributed by atoms with Crippen molar-refractivity contribution in [3.63, 3.8) is 0 Å². The van der Waals surface area contributed by atoms with Crippen molar-refractivity contribution >= 4 is 23.1 Å². The van der Waals surface area contributed by atoms with Crippen LogP contribution in [0, 0.1) is 10.1 Å². The molecule has 0 heterocycles. The van der Waals surface area contributed by atoms with E-state index in [9.17, 15) is 19.7 Å². The monoisotopic (exact) mass is 374 g/mol. The Morgan fingerprint density at radius 1 is 0.929 bits per heavy atom. The molecule has 0 aromatic heterocycles. The molecule has 0 aliphatic heterocycles. The van der Waals surface area contributed by atoms with Gasteiger partial charge in [-0.2, -0.15) is 0 Å². The minimum atomic E-state index is -0.569. The lowest BCUT2D eigenvalue weighted by molar-refractivity contribution is -0.384. The minimum absolute atomic E-state index is 0.0778. The molecular weight excluding hydrogens is 356 g/mol. The molecule has 0 aliphatic carbocycles. The maximum atomic E-state index is 12.9. The molecule has 0 spiro atoms. The van der Waals surface area contributed by atoms with Crippen molar-refractivity contribution in [3.8, 4) is 0 Å². The fourth-order valence-corrected chi connectivity index (χ4v) is 2.82. The van der Waals surface area contributed by atoms with Gasteiger partial charge in [-0.15, -0.1) is 0 Å². The number of hydrogen-bond donors (Lipinski definition) is 1. The first-order chi connectivity index (χ1) is 13.5. The lowest BCUT2D eigenvalue weighted by atomic mass is 9.98. The molecule has 0 bridgehead atoms. The van der Waals surface area contributed by atoms with E-state index in [2.05, 4.69) is 5.32 Å². The number of hydrogen-bond acceptors (Lipinski definition) is 4. The number of carbonyl (C=O) groups is 2. The van der Waals surface area contributed by atoms with E-state index < -0.39 is 16.6 Å². The van der Waals surface area contributed by atoms with Crippen molar-refractivity contribution < 1.29 is 14.5 Å². The van der Waals surface area contributed by atoms with Crippen LogP contribution in [-0.2, 0) is 4.79 Å². The maximum Gasteiger partial charge on any atom is 0.270 e. The molecule has 3 aromatic rings. The normalized spacial score (nSPS) is 11.5. The van der Waals surface area contributed by atoms with Gasteiger partial charge in [-0.1, -0.05) is 60.7 Å². The van der Waals surface area contributed by atoms with Crippen molar-refractivity contribution in [3.05, 3.63) is 106 Å². The Morgan fingerprint density at radius 3 is 2.14 bits per heavy atom. The van der Waals surface area contributed by atoms with Gasteiger partial charge in [0.1, 0.15) is 0 Å². The van der Waals surface area contributed by atoms with Crippen molar-refractivity contribution in [2.45, 2.75) is 12.8 Å². The van der Waals surface area contributed by atoms with Gasteiger partial charge in [-0.25, -0.2) is 0 Å². The molecule has 1 unspecified atom stereocenters. The predicted molar refractivity (Wildman–Crippen MR) is 106 cm³/mol. The third-order valence-electron chi connectivity index (χ3n) is 4.45. The number of nitro benzene ring substituents is 1. The van der Waals surface area contributed by atoms with E-state index in [0.29, 0.717) is 5.56 Å². The summed E-state index contributed by atoms with van der Waals surface area (Å²) in [6, 6.07) is 21.5. The first-order valence-electron chi connectivity index (χ1n) is 8.71. The van der Waals surface area contributed by atoms with Crippen LogP contribution in [0.25, 0.3) is 0 Å². The van der Waals surface area contributed by atoms with Crippen LogP contribution in [0.2, 0.25) is 0 Å². The van der Waals surface area contributed by atoms with Gasteiger partial charge in [0.2, 0.25) is 5.91 Å². The van der Waals surface area contributed by atoms with Gasteiger partial charge in [0.25, 0.3) is 5.69 Å². The van der Waals surface area contributed by atoms with E-state index in [1.807, 2.05) is 30.3 Å². The topological polar surface area (TPSA) is 89.3 Å². The van der Waals surface area contributed by atoms with Crippen LogP contribution in [0.3, 0.4) is 0 Å². The largest absolute Gasteiger partial charge is 0.325 e. The molecule has 3 rings (SSSR count). The van der Waals surface area contributed by atoms with Gasteiger partial charge < -0.3 is 5.32 Å². The Hall–Kier alpha value is -3.80. The zero-order valence-electron chi connectivity index (χ0n) is 15.2. The predicted octanol–water partition coefficient (Wildman–Crippen LogP) is 4.57.